The van der Waals surface area contributed by atoms with Crippen LogP contribution in [0.5, 0.6) is 0 Å². The van der Waals surface area contributed by atoms with Crippen LogP contribution in [0.4, 0.5) is 0 Å². The normalized spacial score (nSPS) is 18.5. The van der Waals surface area contributed by atoms with E-state index in [1.54, 1.807) is 4.68 Å². The summed E-state index contributed by atoms with van der Waals surface area (Å²) in [6, 6.07) is 1.99. The fourth-order valence-electron chi connectivity index (χ4n) is 3.06. The van der Waals surface area contributed by atoms with E-state index in [1.165, 1.54) is 6.42 Å². The lowest BCUT2D eigenvalue weighted by atomic mass is 9.80. The summed E-state index contributed by atoms with van der Waals surface area (Å²) in [4.78, 5) is 12.7. The van der Waals surface area contributed by atoms with Crippen LogP contribution in [0, 0.1) is 6.92 Å². The number of hydrogen-bond donors (Lipinski definition) is 0. The summed E-state index contributed by atoms with van der Waals surface area (Å²) in [6.45, 7) is 4.53. The van der Waals surface area contributed by atoms with Crippen molar-refractivity contribution in [3.05, 3.63) is 17.5 Å². The highest BCUT2D eigenvalue weighted by molar-refractivity contribution is 5.89. The van der Waals surface area contributed by atoms with E-state index in [4.69, 9.17) is 4.74 Å². The van der Waals surface area contributed by atoms with Crippen LogP contribution in [0.1, 0.15) is 50.4 Å². The first-order valence-corrected chi connectivity index (χ1v) is 7.24. The molecule has 1 aromatic heterocycles. The topological polar surface area (TPSA) is 44.1 Å². The third kappa shape index (κ3) is 3.06. The number of carbonyl (C=O) groups is 1. The summed E-state index contributed by atoms with van der Waals surface area (Å²) in [5, 5.41) is 4.30. The third-order valence-electron chi connectivity index (χ3n) is 4.03. The molecule has 1 aliphatic carbocycles. The minimum Gasteiger partial charge on any atom is -0.367 e. The maximum atomic E-state index is 12.7. The Hall–Kier alpha value is -1.16. The van der Waals surface area contributed by atoms with Gasteiger partial charge in [-0.1, -0.05) is 19.3 Å². The Kier molecular flexibility index (Phi) is 4.40. The molecule has 0 spiro atoms. The number of Topliss-reactive ketones (excluding diaryl/α,β-unsaturated/α-hetero) is 1. The predicted molar refractivity (Wildman–Crippen MR) is 74.1 cm³/mol. The van der Waals surface area contributed by atoms with Crippen molar-refractivity contribution in [1.29, 1.82) is 0 Å². The van der Waals surface area contributed by atoms with Crippen molar-refractivity contribution < 1.29 is 9.53 Å². The number of rotatable bonds is 5. The molecule has 0 N–H and O–H groups in total. The smallest absolute Gasteiger partial charge is 0.170 e. The van der Waals surface area contributed by atoms with E-state index in [9.17, 15) is 4.79 Å². The van der Waals surface area contributed by atoms with Gasteiger partial charge in [-0.15, -0.1) is 0 Å². The third-order valence-corrected chi connectivity index (χ3v) is 4.03. The molecule has 19 heavy (non-hydrogen) atoms. The zero-order valence-electron chi connectivity index (χ0n) is 12.2. The maximum absolute atomic E-state index is 12.7. The van der Waals surface area contributed by atoms with Gasteiger partial charge < -0.3 is 4.74 Å². The standard InChI is InChI=1S/C15H24N2O2/c1-4-19-15(8-6-5-7-9-15)14(18)11-13-10-12(2)16-17(13)3/h10H,4-9,11H2,1-3H3. The fourth-order valence-corrected chi connectivity index (χ4v) is 3.06. The number of ether oxygens (including phenoxy) is 1. The summed E-state index contributed by atoms with van der Waals surface area (Å²) >= 11 is 0. The van der Waals surface area contributed by atoms with Gasteiger partial charge in [0.25, 0.3) is 0 Å². The molecule has 0 amide bonds. The molecule has 0 saturated heterocycles. The van der Waals surface area contributed by atoms with Gasteiger partial charge in [0, 0.05) is 19.3 Å². The molecule has 0 unspecified atom stereocenters. The molecule has 1 aromatic rings. The molecule has 4 nitrogen and oxygen atoms in total. The first-order valence-electron chi connectivity index (χ1n) is 7.24. The second-order valence-electron chi connectivity index (χ2n) is 5.49. The lowest BCUT2D eigenvalue weighted by Gasteiger charge is -2.35. The summed E-state index contributed by atoms with van der Waals surface area (Å²) in [5.74, 6) is 0.219. The summed E-state index contributed by atoms with van der Waals surface area (Å²) < 4.78 is 7.67. The van der Waals surface area contributed by atoms with Gasteiger partial charge >= 0.3 is 0 Å². The van der Waals surface area contributed by atoms with Crippen LogP contribution >= 0.6 is 0 Å². The van der Waals surface area contributed by atoms with Crippen molar-refractivity contribution in [1.82, 2.24) is 9.78 Å². The van der Waals surface area contributed by atoms with Crippen molar-refractivity contribution in [3.63, 3.8) is 0 Å². The van der Waals surface area contributed by atoms with E-state index < -0.39 is 5.60 Å². The van der Waals surface area contributed by atoms with Crippen molar-refractivity contribution in [2.75, 3.05) is 6.61 Å². The van der Waals surface area contributed by atoms with E-state index in [0.29, 0.717) is 13.0 Å². The monoisotopic (exact) mass is 264 g/mol. The van der Waals surface area contributed by atoms with Gasteiger partial charge in [0.05, 0.1) is 12.1 Å². The molecule has 0 bridgehead atoms. The van der Waals surface area contributed by atoms with Gasteiger partial charge in [-0.05, 0) is 32.8 Å². The van der Waals surface area contributed by atoms with Gasteiger partial charge in [0.2, 0.25) is 0 Å². The Balaban J connectivity index is 2.13. The van der Waals surface area contributed by atoms with Gasteiger partial charge in [-0.25, -0.2) is 0 Å². The van der Waals surface area contributed by atoms with Crippen molar-refractivity contribution in [2.24, 2.45) is 7.05 Å². The van der Waals surface area contributed by atoms with Crippen LogP contribution < -0.4 is 0 Å². The molecular weight excluding hydrogens is 240 g/mol. The molecule has 0 radical (unpaired) electrons. The molecular formula is C15H24N2O2. The molecule has 1 saturated carbocycles. The molecule has 0 atom stereocenters. The van der Waals surface area contributed by atoms with E-state index in [1.807, 2.05) is 27.0 Å². The highest BCUT2D eigenvalue weighted by Crippen LogP contribution is 2.33. The molecule has 0 aromatic carbocycles. The number of hydrogen-bond acceptors (Lipinski definition) is 3. The van der Waals surface area contributed by atoms with Gasteiger partial charge in [0.15, 0.2) is 5.78 Å². The first-order chi connectivity index (χ1) is 9.07. The van der Waals surface area contributed by atoms with Gasteiger partial charge in [-0.2, -0.15) is 5.10 Å². The molecule has 106 valence electrons. The Labute approximate surface area is 115 Å². The number of carbonyl (C=O) groups excluding carboxylic acids is 1. The van der Waals surface area contributed by atoms with Crippen LogP contribution in [-0.2, 0) is 23.0 Å². The lowest BCUT2D eigenvalue weighted by Crippen LogP contribution is -2.44. The van der Waals surface area contributed by atoms with E-state index in [-0.39, 0.29) is 5.78 Å². The molecule has 4 heteroatoms. The average molecular weight is 264 g/mol. The summed E-state index contributed by atoms with van der Waals surface area (Å²) in [6.07, 6.45) is 5.57. The van der Waals surface area contributed by atoms with E-state index >= 15 is 0 Å². The zero-order valence-corrected chi connectivity index (χ0v) is 12.2. The summed E-state index contributed by atoms with van der Waals surface area (Å²) in [5.41, 5.74) is 1.40. The minimum absolute atomic E-state index is 0.219. The number of aryl methyl sites for hydroxylation is 2. The Morgan fingerprint density at radius 3 is 2.63 bits per heavy atom. The Morgan fingerprint density at radius 2 is 2.11 bits per heavy atom. The van der Waals surface area contributed by atoms with Gasteiger partial charge in [0.1, 0.15) is 5.60 Å². The minimum atomic E-state index is -0.537. The highest BCUT2D eigenvalue weighted by Gasteiger charge is 2.39. The largest absolute Gasteiger partial charge is 0.367 e. The molecule has 1 aliphatic rings. The second-order valence-corrected chi connectivity index (χ2v) is 5.49. The second kappa shape index (κ2) is 5.87. The highest BCUT2D eigenvalue weighted by atomic mass is 16.5. The quantitative estimate of drug-likeness (QED) is 0.821. The van der Waals surface area contributed by atoms with Crippen LogP contribution in [0.2, 0.25) is 0 Å². The van der Waals surface area contributed by atoms with Crippen LogP contribution in [-0.4, -0.2) is 27.8 Å². The molecule has 2 rings (SSSR count). The molecule has 0 aliphatic heterocycles. The SMILES string of the molecule is CCOC1(C(=O)Cc2cc(C)nn2C)CCCCC1. The molecule has 1 heterocycles. The van der Waals surface area contributed by atoms with Crippen molar-refractivity contribution >= 4 is 5.78 Å². The zero-order chi connectivity index (χ0) is 13.9. The number of aromatic nitrogens is 2. The fraction of sp³-hybridized carbons (Fsp3) is 0.733. The Bertz CT molecular complexity index is 439. The summed E-state index contributed by atoms with van der Waals surface area (Å²) in [7, 11) is 1.89. The van der Waals surface area contributed by atoms with Crippen molar-refractivity contribution in [2.45, 2.75) is 58.0 Å². The van der Waals surface area contributed by atoms with Crippen LogP contribution in [0.3, 0.4) is 0 Å². The van der Waals surface area contributed by atoms with Gasteiger partial charge in [-0.3, -0.25) is 9.48 Å². The number of nitrogens with zero attached hydrogens (tertiary/aromatic N) is 2. The predicted octanol–water partition coefficient (Wildman–Crippen LogP) is 2.58. The Morgan fingerprint density at radius 1 is 1.42 bits per heavy atom. The van der Waals surface area contributed by atoms with Crippen molar-refractivity contribution in [3.8, 4) is 0 Å². The first kappa shape index (κ1) is 14.3. The van der Waals surface area contributed by atoms with E-state index in [0.717, 1.165) is 37.1 Å². The number of ketones is 1. The maximum Gasteiger partial charge on any atom is 0.170 e. The lowest BCUT2D eigenvalue weighted by molar-refractivity contribution is -0.148. The average Bonchev–Trinajstić information content (AvgIpc) is 2.69. The van der Waals surface area contributed by atoms with E-state index in [2.05, 4.69) is 5.10 Å². The van der Waals surface area contributed by atoms with Crippen LogP contribution in [0.15, 0.2) is 6.07 Å². The molecule has 1 fully saturated rings. The van der Waals surface area contributed by atoms with Crippen LogP contribution in [0.25, 0.3) is 0 Å².